The van der Waals surface area contributed by atoms with Gasteiger partial charge in [-0.25, -0.2) is 5.43 Å². The average molecular weight is 433 g/mol. The minimum absolute atomic E-state index is 0.407. The van der Waals surface area contributed by atoms with E-state index in [2.05, 4.69) is 15.8 Å². The standard InChI is InChI=1S/C24H23N3O5/c1-30-20-11-9-19(10-12-20)26-23(28)24(29)27-25-15-18-8-13-21(22(14-18)31-2)32-16-17-6-4-3-5-7-17/h3-15H,16H2,1-2H3,(H,26,28)(H,27,29)/b25-15-. The van der Waals surface area contributed by atoms with Gasteiger partial charge in [0.25, 0.3) is 0 Å². The minimum Gasteiger partial charge on any atom is -0.497 e. The largest absolute Gasteiger partial charge is 0.497 e. The highest BCUT2D eigenvalue weighted by Crippen LogP contribution is 2.28. The van der Waals surface area contributed by atoms with Gasteiger partial charge in [0, 0.05) is 5.69 Å². The lowest BCUT2D eigenvalue weighted by Gasteiger charge is -2.11. The molecular formula is C24H23N3O5. The van der Waals surface area contributed by atoms with E-state index in [9.17, 15) is 9.59 Å². The fourth-order valence-electron chi connectivity index (χ4n) is 2.70. The maximum Gasteiger partial charge on any atom is 0.329 e. The van der Waals surface area contributed by atoms with Crippen LogP contribution < -0.4 is 25.0 Å². The van der Waals surface area contributed by atoms with Crippen molar-refractivity contribution in [3.8, 4) is 17.2 Å². The van der Waals surface area contributed by atoms with E-state index < -0.39 is 11.8 Å². The fourth-order valence-corrected chi connectivity index (χ4v) is 2.70. The molecular weight excluding hydrogens is 410 g/mol. The number of nitrogens with zero attached hydrogens (tertiary/aromatic N) is 1. The van der Waals surface area contributed by atoms with E-state index >= 15 is 0 Å². The van der Waals surface area contributed by atoms with Crippen molar-refractivity contribution >= 4 is 23.7 Å². The summed E-state index contributed by atoms with van der Waals surface area (Å²) in [5.41, 5.74) is 4.35. The molecule has 0 aliphatic rings. The van der Waals surface area contributed by atoms with Gasteiger partial charge in [0.1, 0.15) is 12.4 Å². The van der Waals surface area contributed by atoms with Gasteiger partial charge in [0.05, 0.1) is 20.4 Å². The maximum atomic E-state index is 12.0. The Labute approximate surface area is 185 Å². The number of methoxy groups -OCH3 is 2. The SMILES string of the molecule is COc1ccc(NC(=O)C(=O)N/N=C\c2ccc(OCc3ccccc3)c(OC)c2)cc1. The van der Waals surface area contributed by atoms with Gasteiger partial charge in [-0.3, -0.25) is 9.59 Å². The molecule has 32 heavy (non-hydrogen) atoms. The van der Waals surface area contributed by atoms with Crippen LogP contribution in [0.3, 0.4) is 0 Å². The van der Waals surface area contributed by atoms with Crippen LogP contribution in [0, 0.1) is 0 Å². The first-order valence-electron chi connectivity index (χ1n) is 9.72. The summed E-state index contributed by atoms with van der Waals surface area (Å²) in [5, 5.41) is 6.31. The molecule has 3 rings (SSSR count). The predicted molar refractivity (Wildman–Crippen MR) is 121 cm³/mol. The van der Waals surface area contributed by atoms with E-state index in [1.54, 1.807) is 49.6 Å². The molecule has 0 fully saturated rings. The number of hydrogen-bond acceptors (Lipinski definition) is 6. The van der Waals surface area contributed by atoms with E-state index in [4.69, 9.17) is 14.2 Å². The molecule has 3 aromatic carbocycles. The minimum atomic E-state index is -0.896. The summed E-state index contributed by atoms with van der Waals surface area (Å²) in [5.74, 6) is 0.00947. The van der Waals surface area contributed by atoms with Crippen LogP contribution in [0.25, 0.3) is 0 Å². The van der Waals surface area contributed by atoms with Gasteiger partial charge in [0.15, 0.2) is 11.5 Å². The van der Waals surface area contributed by atoms with E-state index in [0.717, 1.165) is 5.56 Å². The highest BCUT2D eigenvalue weighted by molar-refractivity contribution is 6.39. The topological polar surface area (TPSA) is 98.2 Å². The molecule has 164 valence electrons. The lowest BCUT2D eigenvalue weighted by atomic mass is 10.2. The Morgan fingerprint density at radius 2 is 1.62 bits per heavy atom. The van der Waals surface area contributed by atoms with Crippen molar-refractivity contribution in [2.45, 2.75) is 6.61 Å². The van der Waals surface area contributed by atoms with Gasteiger partial charge >= 0.3 is 11.8 Å². The Kier molecular flexibility index (Phi) is 7.80. The zero-order valence-electron chi connectivity index (χ0n) is 17.7. The third kappa shape index (κ3) is 6.33. The summed E-state index contributed by atoms with van der Waals surface area (Å²) in [4.78, 5) is 23.9. The molecule has 8 heteroatoms. The molecule has 0 atom stereocenters. The first-order chi connectivity index (χ1) is 15.6. The molecule has 3 aromatic rings. The lowest BCUT2D eigenvalue weighted by Crippen LogP contribution is -2.32. The van der Waals surface area contributed by atoms with Gasteiger partial charge in [-0.05, 0) is 53.6 Å². The number of carbonyl (C=O) groups excluding carboxylic acids is 2. The molecule has 0 aromatic heterocycles. The number of nitrogens with one attached hydrogen (secondary N) is 2. The molecule has 0 aliphatic heterocycles. The summed E-state index contributed by atoms with van der Waals surface area (Å²) < 4.78 is 16.2. The number of hydrogen-bond donors (Lipinski definition) is 2. The van der Waals surface area contributed by atoms with Crippen LogP contribution in [0.1, 0.15) is 11.1 Å². The van der Waals surface area contributed by atoms with Gasteiger partial charge in [0.2, 0.25) is 0 Å². The maximum absolute atomic E-state index is 12.0. The van der Waals surface area contributed by atoms with E-state index in [1.165, 1.54) is 13.3 Å². The van der Waals surface area contributed by atoms with Gasteiger partial charge in [-0.15, -0.1) is 0 Å². The molecule has 0 saturated heterocycles. The fraction of sp³-hybridized carbons (Fsp3) is 0.125. The molecule has 2 N–H and O–H groups in total. The third-order valence-electron chi connectivity index (χ3n) is 4.36. The normalized spacial score (nSPS) is 10.4. The van der Waals surface area contributed by atoms with Gasteiger partial charge < -0.3 is 19.5 Å². The quantitative estimate of drug-likeness (QED) is 0.322. The second-order valence-corrected chi connectivity index (χ2v) is 6.57. The Bertz CT molecular complexity index is 1080. The van der Waals surface area contributed by atoms with Crippen LogP contribution in [0.2, 0.25) is 0 Å². The summed E-state index contributed by atoms with van der Waals surface area (Å²) >= 11 is 0. The molecule has 8 nitrogen and oxygen atoms in total. The van der Waals surface area contributed by atoms with Crippen LogP contribution in [-0.2, 0) is 16.2 Å². The van der Waals surface area contributed by atoms with Crippen molar-refractivity contribution in [1.82, 2.24) is 5.43 Å². The summed E-state index contributed by atoms with van der Waals surface area (Å²) in [6, 6.07) is 21.6. The Hall–Kier alpha value is -4.33. The van der Waals surface area contributed by atoms with E-state index in [1.807, 2.05) is 30.3 Å². The Morgan fingerprint density at radius 1 is 0.875 bits per heavy atom. The lowest BCUT2D eigenvalue weighted by molar-refractivity contribution is -0.136. The van der Waals surface area contributed by atoms with E-state index in [-0.39, 0.29) is 0 Å². The zero-order chi connectivity index (χ0) is 22.8. The monoisotopic (exact) mass is 433 g/mol. The molecule has 0 spiro atoms. The summed E-state index contributed by atoms with van der Waals surface area (Å²) in [6.45, 7) is 0.407. The van der Waals surface area contributed by atoms with Gasteiger partial charge in [-0.1, -0.05) is 30.3 Å². The highest BCUT2D eigenvalue weighted by atomic mass is 16.5. The van der Waals surface area contributed by atoms with Crippen molar-refractivity contribution in [3.63, 3.8) is 0 Å². The molecule has 0 bridgehead atoms. The van der Waals surface area contributed by atoms with Crippen molar-refractivity contribution < 1.29 is 23.8 Å². The smallest absolute Gasteiger partial charge is 0.329 e. The van der Waals surface area contributed by atoms with Crippen molar-refractivity contribution in [2.24, 2.45) is 5.10 Å². The van der Waals surface area contributed by atoms with Crippen LogP contribution >= 0.6 is 0 Å². The second-order valence-electron chi connectivity index (χ2n) is 6.57. The molecule has 0 unspecified atom stereocenters. The second kappa shape index (κ2) is 11.2. The number of amides is 2. The molecule has 2 amide bonds. The number of carbonyl (C=O) groups is 2. The summed E-state index contributed by atoms with van der Waals surface area (Å²) in [7, 11) is 3.08. The van der Waals surface area contributed by atoms with Crippen molar-refractivity contribution in [1.29, 1.82) is 0 Å². The molecule has 0 heterocycles. The number of rotatable bonds is 8. The predicted octanol–water partition coefficient (Wildman–Crippen LogP) is 3.37. The van der Waals surface area contributed by atoms with Crippen LogP contribution in [-0.4, -0.2) is 32.2 Å². The number of anilines is 1. The first kappa shape index (κ1) is 22.4. The molecule has 0 saturated carbocycles. The van der Waals surface area contributed by atoms with E-state index in [0.29, 0.717) is 35.1 Å². The van der Waals surface area contributed by atoms with Crippen molar-refractivity contribution in [3.05, 3.63) is 83.9 Å². The molecule has 0 radical (unpaired) electrons. The van der Waals surface area contributed by atoms with Crippen LogP contribution in [0.15, 0.2) is 77.9 Å². The van der Waals surface area contributed by atoms with Crippen molar-refractivity contribution in [2.75, 3.05) is 19.5 Å². The number of benzene rings is 3. The van der Waals surface area contributed by atoms with Crippen LogP contribution in [0.4, 0.5) is 5.69 Å². The highest BCUT2D eigenvalue weighted by Gasteiger charge is 2.13. The van der Waals surface area contributed by atoms with Gasteiger partial charge in [-0.2, -0.15) is 5.10 Å². The Morgan fingerprint density at radius 3 is 2.31 bits per heavy atom. The van der Waals surface area contributed by atoms with Crippen LogP contribution in [0.5, 0.6) is 17.2 Å². The first-order valence-corrected chi connectivity index (χ1v) is 9.72. The third-order valence-corrected chi connectivity index (χ3v) is 4.36. The number of hydrazone groups is 1. The average Bonchev–Trinajstić information content (AvgIpc) is 2.84. The number of ether oxygens (including phenoxy) is 3. The molecule has 0 aliphatic carbocycles. The summed E-state index contributed by atoms with van der Waals surface area (Å²) in [6.07, 6.45) is 1.40. The zero-order valence-corrected chi connectivity index (χ0v) is 17.7. The Balaban J connectivity index is 1.54.